The molecule has 1 heterocycles. The topological polar surface area (TPSA) is 138 Å². The number of carbonyl (C=O) groups excluding carboxylic acids is 2. The Kier molecular flexibility index (Phi) is 13.2. The van der Waals surface area contributed by atoms with Crippen LogP contribution in [-0.4, -0.2) is 57.3 Å². The number of carbonyl (C=O) groups is 2. The van der Waals surface area contributed by atoms with Crippen LogP contribution in [0.1, 0.15) is 67.4 Å². The van der Waals surface area contributed by atoms with E-state index in [0.29, 0.717) is 44.7 Å². The van der Waals surface area contributed by atoms with Gasteiger partial charge in [0.2, 0.25) is 5.91 Å². The van der Waals surface area contributed by atoms with Crippen LogP contribution in [0.4, 0.5) is 14.5 Å². The number of nitriles is 1. The number of nitrogens with one attached hydrogen (secondary N) is 3. The van der Waals surface area contributed by atoms with Gasteiger partial charge >= 0.3 is 0 Å². The van der Waals surface area contributed by atoms with Crippen LogP contribution < -0.4 is 26.4 Å². The zero-order valence-corrected chi connectivity index (χ0v) is 30.1. The van der Waals surface area contributed by atoms with Gasteiger partial charge in [-0.05, 0) is 73.2 Å². The Bertz CT molecular complexity index is 1730. The summed E-state index contributed by atoms with van der Waals surface area (Å²) in [6.07, 6.45) is 1.70. The third-order valence-electron chi connectivity index (χ3n) is 8.70. The molecule has 3 aromatic rings. The fourth-order valence-electron chi connectivity index (χ4n) is 6.47. The van der Waals surface area contributed by atoms with E-state index in [9.17, 15) is 14.9 Å². The largest absolute Gasteiger partial charge is 0.495 e. The summed E-state index contributed by atoms with van der Waals surface area (Å²) in [5.74, 6) is -3.61. The average Bonchev–Trinajstić information content (AvgIpc) is 3.38. The van der Waals surface area contributed by atoms with Crippen molar-refractivity contribution in [3.05, 3.63) is 93.0 Å². The van der Waals surface area contributed by atoms with Crippen LogP contribution in [0.5, 0.6) is 5.75 Å². The molecule has 13 heteroatoms. The Morgan fingerprint density at radius 1 is 1.08 bits per heavy atom. The van der Waals surface area contributed by atoms with E-state index in [1.54, 1.807) is 0 Å². The molecule has 1 aliphatic rings. The van der Waals surface area contributed by atoms with E-state index in [1.807, 2.05) is 20.8 Å². The lowest BCUT2D eigenvalue weighted by atomic mass is 9.62. The Balaban J connectivity index is 1.71. The lowest BCUT2D eigenvalue weighted by Crippen LogP contribution is -2.45. The van der Waals surface area contributed by atoms with Crippen molar-refractivity contribution in [2.24, 2.45) is 11.1 Å². The molecule has 0 aromatic heterocycles. The zero-order valence-electron chi connectivity index (χ0n) is 28.5. The van der Waals surface area contributed by atoms with Crippen LogP contribution in [0, 0.1) is 28.4 Å². The summed E-state index contributed by atoms with van der Waals surface area (Å²) in [6.45, 7) is 7.85. The van der Waals surface area contributed by atoms with Crippen molar-refractivity contribution in [3.63, 3.8) is 0 Å². The van der Waals surface area contributed by atoms with E-state index in [-0.39, 0.29) is 38.5 Å². The van der Waals surface area contributed by atoms with Gasteiger partial charge in [-0.3, -0.25) is 9.59 Å². The molecule has 268 valence electrons. The fourth-order valence-corrected chi connectivity index (χ4v) is 6.81. The van der Waals surface area contributed by atoms with Gasteiger partial charge in [0, 0.05) is 47.9 Å². The number of ether oxygens (including phenoxy) is 2. The molecule has 0 bridgehead atoms. The maximum absolute atomic E-state index is 16.0. The number of benzene rings is 3. The maximum atomic E-state index is 16.0. The van der Waals surface area contributed by atoms with E-state index in [1.165, 1.54) is 55.6 Å². The minimum Gasteiger partial charge on any atom is -0.495 e. The summed E-state index contributed by atoms with van der Waals surface area (Å²) >= 11 is 12.4. The van der Waals surface area contributed by atoms with Crippen LogP contribution in [0.15, 0.2) is 54.6 Å². The van der Waals surface area contributed by atoms with E-state index in [2.05, 4.69) is 22.0 Å². The number of anilines is 1. The highest BCUT2D eigenvalue weighted by molar-refractivity contribution is 6.31. The number of methoxy groups -OCH3 is 1. The Morgan fingerprint density at radius 2 is 1.82 bits per heavy atom. The second kappa shape index (κ2) is 16.9. The molecule has 2 amide bonds. The van der Waals surface area contributed by atoms with Gasteiger partial charge in [-0.1, -0.05) is 62.2 Å². The molecule has 3 aromatic carbocycles. The summed E-state index contributed by atoms with van der Waals surface area (Å²) in [4.78, 5) is 27.2. The molecule has 4 atom stereocenters. The normalized spacial score (nSPS) is 20.3. The van der Waals surface area contributed by atoms with E-state index >= 15 is 8.78 Å². The second-order valence-corrected chi connectivity index (χ2v) is 14.3. The molecule has 1 saturated heterocycles. The van der Waals surface area contributed by atoms with Crippen molar-refractivity contribution in [3.8, 4) is 11.8 Å². The first-order valence-electron chi connectivity index (χ1n) is 16.4. The molecule has 5 N–H and O–H groups in total. The van der Waals surface area contributed by atoms with Crippen molar-refractivity contribution < 1.29 is 27.8 Å². The minimum atomic E-state index is -1.78. The molecular weight excluding hydrogens is 687 g/mol. The summed E-state index contributed by atoms with van der Waals surface area (Å²) in [7, 11) is 1.40. The summed E-state index contributed by atoms with van der Waals surface area (Å²) in [6, 6.07) is 13.1. The van der Waals surface area contributed by atoms with Gasteiger partial charge in [-0.25, -0.2) is 8.78 Å². The Labute approximate surface area is 301 Å². The van der Waals surface area contributed by atoms with E-state index in [0.717, 1.165) is 12.5 Å². The number of nitrogens with zero attached hydrogens (tertiary/aromatic N) is 1. The molecule has 0 unspecified atom stereocenters. The van der Waals surface area contributed by atoms with Crippen LogP contribution in [0.25, 0.3) is 0 Å². The monoisotopic (exact) mass is 729 g/mol. The van der Waals surface area contributed by atoms with Gasteiger partial charge in [0.15, 0.2) is 0 Å². The lowest BCUT2D eigenvalue weighted by Gasteiger charge is -2.37. The number of hydrogen-bond acceptors (Lipinski definition) is 7. The highest BCUT2D eigenvalue weighted by atomic mass is 35.5. The molecule has 4 rings (SSSR count). The summed E-state index contributed by atoms with van der Waals surface area (Å²) < 4.78 is 42.9. The van der Waals surface area contributed by atoms with Crippen molar-refractivity contribution in [2.45, 2.75) is 63.5 Å². The number of nitrogens with two attached hydrogens (primary N) is 1. The molecule has 0 radical (unpaired) electrons. The number of halogens is 4. The van der Waals surface area contributed by atoms with Crippen LogP contribution in [0.3, 0.4) is 0 Å². The quantitative estimate of drug-likeness (QED) is 0.135. The molecule has 0 spiro atoms. The summed E-state index contributed by atoms with van der Waals surface area (Å²) in [5.41, 5.74) is 3.76. The molecule has 9 nitrogen and oxygen atoms in total. The van der Waals surface area contributed by atoms with E-state index in [4.69, 9.17) is 38.4 Å². The van der Waals surface area contributed by atoms with Gasteiger partial charge in [0.25, 0.3) is 5.91 Å². The van der Waals surface area contributed by atoms with Gasteiger partial charge in [-0.2, -0.15) is 5.26 Å². The maximum Gasteiger partial charge on any atom is 0.251 e. The second-order valence-electron chi connectivity index (χ2n) is 13.5. The standard InChI is InChI=1S/C37H43Cl2F2N5O4/c1-36(2,3)20-30-37(21-43,25-12-11-23(38)19-27(25)40)31(24-8-5-9-26(39)32(24)41)33(46-30)35(48)45-28-13-10-22(18-29(28)49-4)34(47)44-15-7-17-50-16-6-14-42/h5,8-13,18-19,30-31,33,46H,6-7,14-17,20,42H2,1-4H3,(H,44,47)(H,45,48)/t30-,31-,33+,37-/m0/s1. The SMILES string of the molecule is COc1cc(C(=O)NCCCOCCCN)ccc1NC(=O)[C@@H]1N[C@@H](CC(C)(C)C)[C@](C#N)(c2ccc(Cl)cc2F)[C@H]1c1cccc(Cl)c1F. The van der Waals surface area contributed by atoms with Gasteiger partial charge in [0.1, 0.15) is 22.8 Å². The first-order chi connectivity index (χ1) is 23.8. The van der Waals surface area contributed by atoms with Crippen molar-refractivity contribution in [1.82, 2.24) is 10.6 Å². The third-order valence-corrected chi connectivity index (χ3v) is 9.22. The molecule has 50 heavy (non-hydrogen) atoms. The number of rotatable bonds is 14. The predicted molar refractivity (Wildman–Crippen MR) is 191 cm³/mol. The molecule has 0 saturated carbocycles. The smallest absolute Gasteiger partial charge is 0.251 e. The van der Waals surface area contributed by atoms with Crippen molar-refractivity contribution >= 4 is 40.7 Å². The van der Waals surface area contributed by atoms with Crippen LogP contribution >= 0.6 is 23.2 Å². The lowest BCUT2D eigenvalue weighted by molar-refractivity contribution is -0.118. The molecule has 1 fully saturated rings. The third kappa shape index (κ3) is 8.74. The van der Waals surface area contributed by atoms with Crippen LogP contribution in [0.2, 0.25) is 10.0 Å². The van der Waals surface area contributed by atoms with Gasteiger partial charge < -0.3 is 31.2 Å². The Morgan fingerprint density at radius 3 is 2.48 bits per heavy atom. The predicted octanol–water partition coefficient (Wildman–Crippen LogP) is 6.73. The first kappa shape index (κ1) is 39.0. The average molecular weight is 731 g/mol. The summed E-state index contributed by atoms with van der Waals surface area (Å²) in [5, 5.41) is 19.9. The number of amides is 2. The molecule has 0 aliphatic carbocycles. The zero-order chi connectivity index (χ0) is 36.6. The van der Waals surface area contributed by atoms with Crippen LogP contribution in [-0.2, 0) is 14.9 Å². The number of hydrogen-bond donors (Lipinski definition) is 4. The minimum absolute atomic E-state index is 0.0266. The first-order valence-corrected chi connectivity index (χ1v) is 17.1. The Hall–Kier alpha value is -3.79. The van der Waals surface area contributed by atoms with Crippen molar-refractivity contribution in [1.29, 1.82) is 5.26 Å². The highest BCUT2D eigenvalue weighted by Crippen LogP contribution is 2.53. The molecule has 1 aliphatic heterocycles. The highest BCUT2D eigenvalue weighted by Gasteiger charge is 2.61. The van der Waals surface area contributed by atoms with Gasteiger partial charge in [0.05, 0.1) is 29.9 Å². The van der Waals surface area contributed by atoms with Crippen molar-refractivity contribution in [2.75, 3.05) is 38.7 Å². The van der Waals surface area contributed by atoms with Gasteiger partial charge in [-0.15, -0.1) is 0 Å². The molecular formula is C37H43Cl2F2N5O4. The fraction of sp³-hybridized carbons (Fsp3) is 0.432. The van der Waals surface area contributed by atoms with E-state index < -0.39 is 46.4 Å².